The van der Waals surface area contributed by atoms with Gasteiger partial charge in [0.2, 0.25) is 10.0 Å². The van der Waals surface area contributed by atoms with Crippen LogP contribution in [0, 0.1) is 17.8 Å². The van der Waals surface area contributed by atoms with Gasteiger partial charge in [-0.1, -0.05) is 20.8 Å². The second-order valence-corrected chi connectivity index (χ2v) is 6.93. The van der Waals surface area contributed by atoms with E-state index in [-0.39, 0.29) is 17.2 Å². The molecule has 0 bridgehead atoms. The van der Waals surface area contributed by atoms with E-state index in [9.17, 15) is 8.42 Å². The summed E-state index contributed by atoms with van der Waals surface area (Å²) >= 11 is 0. The van der Waals surface area contributed by atoms with Crippen molar-refractivity contribution in [1.82, 2.24) is 4.72 Å². The average Bonchev–Trinajstić information content (AvgIpc) is 1.99. The molecule has 0 radical (unpaired) electrons. The van der Waals surface area contributed by atoms with Crippen molar-refractivity contribution in [3.8, 4) is 12.3 Å². The highest BCUT2D eigenvalue weighted by atomic mass is 32.2. The van der Waals surface area contributed by atoms with Crippen LogP contribution in [0.3, 0.4) is 0 Å². The number of nitrogens with one attached hydrogen (secondary N) is 1. The third-order valence-electron chi connectivity index (χ3n) is 1.93. The molecule has 0 spiro atoms. The smallest absolute Gasteiger partial charge is 0.211 e. The van der Waals surface area contributed by atoms with E-state index in [1.807, 2.05) is 20.8 Å². The molecule has 3 nitrogen and oxygen atoms in total. The summed E-state index contributed by atoms with van der Waals surface area (Å²) in [5.74, 6) is 2.59. The highest BCUT2D eigenvalue weighted by Gasteiger charge is 2.18. The fraction of sp³-hybridized carbons (Fsp3) is 0.818. The first-order valence-corrected chi connectivity index (χ1v) is 6.75. The Balaban J connectivity index is 4.16. The predicted molar refractivity (Wildman–Crippen MR) is 63.9 cm³/mol. The van der Waals surface area contributed by atoms with Crippen molar-refractivity contribution in [3.63, 3.8) is 0 Å². The Bertz CT molecular complexity index is 319. The summed E-state index contributed by atoms with van der Waals surface area (Å²) < 4.78 is 25.7. The van der Waals surface area contributed by atoms with Crippen molar-refractivity contribution in [2.24, 2.45) is 5.41 Å². The zero-order valence-electron chi connectivity index (χ0n) is 10.0. The number of hydrogen-bond donors (Lipinski definition) is 1. The van der Waals surface area contributed by atoms with Gasteiger partial charge < -0.3 is 0 Å². The fourth-order valence-electron chi connectivity index (χ4n) is 1.02. The molecule has 1 unspecified atom stereocenters. The van der Waals surface area contributed by atoms with E-state index in [1.165, 1.54) is 0 Å². The Hall–Kier alpha value is -0.530. The van der Waals surface area contributed by atoms with Gasteiger partial charge in [0.1, 0.15) is 0 Å². The van der Waals surface area contributed by atoms with Gasteiger partial charge in [-0.05, 0) is 18.8 Å². The van der Waals surface area contributed by atoms with E-state index >= 15 is 0 Å². The van der Waals surface area contributed by atoms with Crippen LogP contribution >= 0.6 is 0 Å². The van der Waals surface area contributed by atoms with Crippen molar-refractivity contribution in [2.75, 3.05) is 5.75 Å². The standard InChI is InChI=1S/C11H21NO2S/c1-6-7-10(2)12-15(13,14)9-8-11(3,4)5/h1,10,12H,7-9H2,2-5H3. The second kappa shape index (κ2) is 5.53. The first kappa shape index (κ1) is 14.5. The normalized spacial score (nSPS) is 14.6. The van der Waals surface area contributed by atoms with Gasteiger partial charge in [0.25, 0.3) is 0 Å². The number of rotatable bonds is 5. The summed E-state index contributed by atoms with van der Waals surface area (Å²) in [5.41, 5.74) is 0.0319. The first-order valence-electron chi connectivity index (χ1n) is 5.10. The third-order valence-corrected chi connectivity index (χ3v) is 3.43. The van der Waals surface area contributed by atoms with Gasteiger partial charge in [0, 0.05) is 12.5 Å². The van der Waals surface area contributed by atoms with Crippen molar-refractivity contribution in [3.05, 3.63) is 0 Å². The van der Waals surface area contributed by atoms with Crippen LogP contribution in [0.15, 0.2) is 0 Å². The minimum Gasteiger partial charge on any atom is -0.212 e. The Morgan fingerprint density at radius 1 is 1.40 bits per heavy atom. The van der Waals surface area contributed by atoms with E-state index < -0.39 is 10.0 Å². The largest absolute Gasteiger partial charge is 0.212 e. The summed E-state index contributed by atoms with van der Waals surface area (Å²) in [5, 5.41) is 0. The summed E-state index contributed by atoms with van der Waals surface area (Å²) in [6.45, 7) is 7.84. The molecule has 0 aliphatic heterocycles. The zero-order valence-corrected chi connectivity index (χ0v) is 10.8. The molecule has 0 saturated heterocycles. The van der Waals surface area contributed by atoms with Crippen LogP contribution in [0.1, 0.15) is 40.5 Å². The van der Waals surface area contributed by atoms with Crippen LogP contribution in [0.4, 0.5) is 0 Å². The molecule has 4 heteroatoms. The first-order chi connectivity index (χ1) is 6.66. The maximum atomic E-state index is 11.6. The van der Waals surface area contributed by atoms with Crippen LogP contribution in [-0.2, 0) is 10.0 Å². The van der Waals surface area contributed by atoms with Crippen LogP contribution in [0.5, 0.6) is 0 Å². The van der Waals surface area contributed by atoms with E-state index in [0.717, 1.165) is 0 Å². The van der Waals surface area contributed by atoms with Crippen LogP contribution in [0.2, 0.25) is 0 Å². The van der Waals surface area contributed by atoms with Gasteiger partial charge in [-0.3, -0.25) is 0 Å². The van der Waals surface area contributed by atoms with Crippen molar-refractivity contribution < 1.29 is 8.42 Å². The van der Waals surface area contributed by atoms with Crippen molar-refractivity contribution in [2.45, 2.75) is 46.6 Å². The molecule has 0 aromatic heterocycles. The molecule has 0 rings (SSSR count). The molecule has 15 heavy (non-hydrogen) atoms. The highest BCUT2D eigenvalue weighted by molar-refractivity contribution is 7.89. The maximum Gasteiger partial charge on any atom is 0.211 e. The van der Waals surface area contributed by atoms with Crippen LogP contribution < -0.4 is 4.72 Å². The summed E-state index contributed by atoms with van der Waals surface area (Å²) in [4.78, 5) is 0. The Morgan fingerprint density at radius 2 is 1.93 bits per heavy atom. The van der Waals surface area contributed by atoms with Crippen LogP contribution in [-0.4, -0.2) is 20.2 Å². The molecule has 0 aromatic carbocycles. The van der Waals surface area contributed by atoms with E-state index in [0.29, 0.717) is 12.8 Å². The molecular formula is C11H21NO2S. The lowest BCUT2D eigenvalue weighted by Crippen LogP contribution is -2.35. The van der Waals surface area contributed by atoms with E-state index in [4.69, 9.17) is 6.42 Å². The fourth-order valence-corrected chi connectivity index (χ4v) is 2.72. The predicted octanol–water partition coefficient (Wildman–Crippen LogP) is 1.75. The average molecular weight is 231 g/mol. The Kier molecular flexibility index (Phi) is 5.33. The molecule has 1 atom stereocenters. The molecule has 0 aromatic rings. The topological polar surface area (TPSA) is 46.2 Å². The van der Waals surface area contributed by atoms with E-state index in [1.54, 1.807) is 6.92 Å². The molecule has 88 valence electrons. The molecule has 0 saturated carbocycles. The summed E-state index contributed by atoms with van der Waals surface area (Å²) in [7, 11) is -3.18. The zero-order chi connectivity index (χ0) is 12.1. The van der Waals surface area contributed by atoms with Crippen molar-refractivity contribution >= 4 is 10.0 Å². The van der Waals surface area contributed by atoms with Gasteiger partial charge in [-0.2, -0.15) is 0 Å². The molecule has 0 amide bonds. The number of hydrogen-bond acceptors (Lipinski definition) is 2. The Morgan fingerprint density at radius 3 is 2.33 bits per heavy atom. The lowest BCUT2D eigenvalue weighted by molar-refractivity contribution is 0.396. The molecule has 0 heterocycles. The number of sulfonamides is 1. The highest BCUT2D eigenvalue weighted by Crippen LogP contribution is 2.18. The lowest BCUT2D eigenvalue weighted by Gasteiger charge is -2.19. The molecule has 0 aliphatic carbocycles. The van der Waals surface area contributed by atoms with Gasteiger partial charge in [0.15, 0.2) is 0 Å². The minimum absolute atomic E-state index is 0.0319. The van der Waals surface area contributed by atoms with Gasteiger partial charge in [-0.25, -0.2) is 13.1 Å². The Labute approximate surface area is 93.7 Å². The number of terminal acetylenes is 1. The minimum atomic E-state index is -3.18. The quantitative estimate of drug-likeness (QED) is 0.733. The monoisotopic (exact) mass is 231 g/mol. The molecule has 0 aliphatic rings. The van der Waals surface area contributed by atoms with Gasteiger partial charge >= 0.3 is 0 Å². The van der Waals surface area contributed by atoms with Crippen molar-refractivity contribution in [1.29, 1.82) is 0 Å². The van der Waals surface area contributed by atoms with Crippen LogP contribution in [0.25, 0.3) is 0 Å². The lowest BCUT2D eigenvalue weighted by atomic mass is 9.94. The summed E-state index contributed by atoms with van der Waals surface area (Å²) in [6.07, 6.45) is 6.18. The molecule has 1 N–H and O–H groups in total. The molecule has 0 fully saturated rings. The van der Waals surface area contributed by atoms with Gasteiger partial charge in [0.05, 0.1) is 5.75 Å². The second-order valence-electron chi connectivity index (χ2n) is 5.06. The molecular weight excluding hydrogens is 210 g/mol. The summed E-state index contributed by atoms with van der Waals surface area (Å²) in [6, 6.07) is -0.181. The maximum absolute atomic E-state index is 11.6. The SMILES string of the molecule is C#CCC(C)NS(=O)(=O)CCC(C)(C)C. The third kappa shape index (κ3) is 8.46. The van der Waals surface area contributed by atoms with Gasteiger partial charge in [-0.15, -0.1) is 12.3 Å². The van der Waals surface area contributed by atoms with E-state index in [2.05, 4.69) is 10.6 Å².